The van der Waals surface area contributed by atoms with E-state index in [-0.39, 0.29) is 23.4 Å². The number of benzene rings is 1. The number of alkyl halides is 2. The highest BCUT2D eigenvalue weighted by Gasteiger charge is 2.49. The van der Waals surface area contributed by atoms with Gasteiger partial charge in [0.25, 0.3) is 0 Å². The van der Waals surface area contributed by atoms with Crippen molar-refractivity contribution >= 4 is 11.6 Å². The van der Waals surface area contributed by atoms with Crippen molar-refractivity contribution in [1.82, 2.24) is 4.98 Å². The second kappa shape index (κ2) is 7.50. The summed E-state index contributed by atoms with van der Waals surface area (Å²) in [5.74, 6) is -1.64. The molecule has 3 rings (SSSR count). The largest absolute Gasteiger partial charge is 0.495 e. The lowest BCUT2D eigenvalue weighted by Gasteiger charge is -2.39. The number of nitrogens with zero attached hydrogens (tertiary/aromatic N) is 2. The summed E-state index contributed by atoms with van der Waals surface area (Å²) >= 11 is 0. The third-order valence-corrected chi connectivity index (χ3v) is 5.14. The maximum atomic E-state index is 14.9. The first kappa shape index (κ1) is 17.0. The molecular weight excluding hydrogens is 383 g/mol. The normalized spacial score (nSPS) is 28.7. The number of amidine groups is 1. The Morgan fingerprint density at radius 2 is 2.14 bits per heavy atom. The van der Waals surface area contributed by atoms with Crippen LogP contribution in [0, 0.1) is 5.82 Å². The van der Waals surface area contributed by atoms with Crippen LogP contribution in [0.1, 0.15) is 46.0 Å². The second-order valence-electron chi connectivity index (χ2n) is 7.41. The first-order valence-electron chi connectivity index (χ1n) is 10.4. The Kier molecular flexibility index (Phi) is 4.39. The van der Waals surface area contributed by atoms with Gasteiger partial charge in [-0.1, -0.05) is 6.07 Å². The van der Waals surface area contributed by atoms with Crippen LogP contribution >= 0.6 is 0 Å². The van der Waals surface area contributed by atoms with E-state index in [0.717, 1.165) is 19.2 Å². The molecule has 8 heteroatoms. The highest BCUT2D eigenvalue weighted by molar-refractivity contribution is 5.95. The van der Waals surface area contributed by atoms with Crippen LogP contribution in [0.4, 0.5) is 13.2 Å². The molecule has 0 radical (unpaired) electrons. The number of Topliss-reactive ketones (excluding diaryl/α,β-unsaturated/α-hetero) is 1. The number of ether oxygens (including phenoxy) is 1. The molecule has 0 bridgehead atoms. The molecular formula is C21H22F3N3O2. The number of ketones is 1. The molecule has 1 aromatic carbocycles. The van der Waals surface area contributed by atoms with E-state index in [2.05, 4.69) is 9.98 Å². The van der Waals surface area contributed by atoms with E-state index in [1.807, 2.05) is 0 Å². The van der Waals surface area contributed by atoms with Gasteiger partial charge in [0.05, 0.1) is 17.3 Å². The van der Waals surface area contributed by atoms with Crippen molar-refractivity contribution in [2.24, 2.45) is 10.7 Å². The molecule has 3 atom stereocenters. The Morgan fingerprint density at radius 3 is 2.79 bits per heavy atom. The molecule has 29 heavy (non-hydrogen) atoms. The Labute approximate surface area is 171 Å². The standard InChI is InChI=1S/C21H22F3N3O2/c1-20(24)10-18(23)21(2,27-19(20)25)14-8-12(4-6-15(14)22)9-17(28)16-7-5-13(29-3)11-26-16/h4-8,11,18H,9-10H2,1-3H3,(H2,25,27)/t18-,20-,21+/m0/s1/i3D3. The quantitative estimate of drug-likeness (QED) is 0.766. The van der Waals surface area contributed by atoms with Crippen LogP contribution < -0.4 is 10.5 Å². The molecule has 1 aliphatic heterocycles. The van der Waals surface area contributed by atoms with Crippen molar-refractivity contribution in [2.45, 2.75) is 44.1 Å². The molecule has 0 spiro atoms. The molecule has 0 fully saturated rings. The van der Waals surface area contributed by atoms with Gasteiger partial charge in [0.1, 0.15) is 34.8 Å². The van der Waals surface area contributed by atoms with E-state index in [0.29, 0.717) is 5.56 Å². The van der Waals surface area contributed by atoms with Gasteiger partial charge < -0.3 is 10.5 Å². The van der Waals surface area contributed by atoms with Gasteiger partial charge in [-0.25, -0.2) is 18.2 Å². The number of rotatable bonds is 5. The third kappa shape index (κ3) is 3.97. The number of pyridine rings is 1. The van der Waals surface area contributed by atoms with Crippen LogP contribution in [-0.4, -0.2) is 35.5 Å². The molecule has 0 amide bonds. The molecule has 0 saturated carbocycles. The zero-order valence-electron chi connectivity index (χ0n) is 18.9. The average molecular weight is 408 g/mol. The molecule has 0 saturated heterocycles. The molecule has 2 N–H and O–H groups in total. The predicted molar refractivity (Wildman–Crippen MR) is 103 cm³/mol. The molecule has 0 aliphatic carbocycles. The summed E-state index contributed by atoms with van der Waals surface area (Å²) in [5.41, 5.74) is 2.05. The molecule has 2 heterocycles. The highest BCUT2D eigenvalue weighted by Crippen LogP contribution is 2.42. The van der Waals surface area contributed by atoms with Crippen LogP contribution in [-0.2, 0) is 12.0 Å². The Bertz CT molecular complexity index is 1060. The number of aliphatic imine (C=N–C) groups is 1. The van der Waals surface area contributed by atoms with Gasteiger partial charge in [-0.05, 0) is 43.7 Å². The minimum atomic E-state index is -2.65. The van der Waals surface area contributed by atoms with E-state index in [9.17, 15) is 18.0 Å². The topological polar surface area (TPSA) is 77.6 Å². The zero-order valence-corrected chi connectivity index (χ0v) is 15.9. The summed E-state index contributed by atoms with van der Waals surface area (Å²) in [6, 6.07) is 6.37. The maximum Gasteiger partial charge on any atom is 0.185 e. The lowest BCUT2D eigenvalue weighted by molar-refractivity contribution is 0.0988. The van der Waals surface area contributed by atoms with Crippen molar-refractivity contribution in [3.05, 3.63) is 59.2 Å². The summed E-state index contributed by atoms with van der Waals surface area (Å²) in [6.45, 7) is 2.44. The fourth-order valence-corrected chi connectivity index (χ4v) is 3.26. The Balaban J connectivity index is 1.85. The Hall–Kier alpha value is -2.90. The van der Waals surface area contributed by atoms with E-state index in [1.54, 1.807) is 0 Å². The van der Waals surface area contributed by atoms with Crippen LogP contribution in [0.3, 0.4) is 0 Å². The van der Waals surface area contributed by atoms with Gasteiger partial charge in [-0.15, -0.1) is 0 Å². The number of aromatic nitrogens is 1. The lowest BCUT2D eigenvalue weighted by atomic mass is 9.78. The average Bonchev–Trinajstić information content (AvgIpc) is 2.67. The molecule has 1 aromatic heterocycles. The number of carbonyl (C=O) groups is 1. The number of nitrogens with two attached hydrogens (primary N) is 1. The summed E-state index contributed by atoms with van der Waals surface area (Å²) in [4.78, 5) is 20.4. The summed E-state index contributed by atoms with van der Waals surface area (Å²) < 4.78 is 69.7. The first-order valence-corrected chi connectivity index (χ1v) is 8.87. The number of halogens is 3. The summed E-state index contributed by atoms with van der Waals surface area (Å²) in [6.07, 6.45) is -1.49. The van der Waals surface area contributed by atoms with Crippen molar-refractivity contribution in [3.63, 3.8) is 0 Å². The van der Waals surface area contributed by atoms with Gasteiger partial charge >= 0.3 is 0 Å². The monoisotopic (exact) mass is 408 g/mol. The Morgan fingerprint density at radius 1 is 1.38 bits per heavy atom. The fraction of sp³-hybridized carbons (Fsp3) is 0.381. The van der Waals surface area contributed by atoms with Gasteiger partial charge in [0.15, 0.2) is 11.5 Å². The molecule has 1 aliphatic rings. The highest BCUT2D eigenvalue weighted by atomic mass is 19.2. The number of carbonyl (C=O) groups excluding carboxylic acids is 1. The molecule has 2 aromatic rings. The molecule has 0 unspecified atom stereocenters. The smallest absolute Gasteiger partial charge is 0.185 e. The van der Waals surface area contributed by atoms with Gasteiger partial charge in [0.2, 0.25) is 0 Å². The second-order valence-corrected chi connectivity index (χ2v) is 7.41. The molecule has 154 valence electrons. The van der Waals surface area contributed by atoms with Crippen LogP contribution in [0.2, 0.25) is 0 Å². The SMILES string of the molecule is [2H]C([2H])([2H])Oc1ccc(C(=O)Cc2ccc(F)c([C@@]3(C)N=C(N)[C@@](C)(F)C[C@@H]3F)c2)nc1. The number of hydrogen-bond acceptors (Lipinski definition) is 5. The van der Waals surface area contributed by atoms with Gasteiger partial charge in [0, 0.05) is 18.4 Å². The minimum Gasteiger partial charge on any atom is -0.495 e. The predicted octanol–water partition coefficient (Wildman–Crippen LogP) is 3.70. The van der Waals surface area contributed by atoms with Crippen LogP contribution in [0.25, 0.3) is 0 Å². The third-order valence-electron chi connectivity index (χ3n) is 5.14. The van der Waals surface area contributed by atoms with Crippen molar-refractivity contribution < 1.29 is 26.8 Å². The van der Waals surface area contributed by atoms with Gasteiger partial charge in [-0.3, -0.25) is 9.79 Å². The maximum absolute atomic E-state index is 14.9. The van der Waals surface area contributed by atoms with Gasteiger partial charge in [-0.2, -0.15) is 0 Å². The van der Waals surface area contributed by atoms with Crippen molar-refractivity contribution in [1.29, 1.82) is 0 Å². The zero-order chi connectivity index (χ0) is 23.9. The van der Waals surface area contributed by atoms with Crippen LogP contribution in [0.15, 0.2) is 41.5 Å². The number of hydrogen-bond donors (Lipinski definition) is 1. The lowest BCUT2D eigenvalue weighted by Crippen LogP contribution is -2.51. The van der Waals surface area contributed by atoms with E-state index in [4.69, 9.17) is 14.6 Å². The van der Waals surface area contributed by atoms with E-state index < -0.39 is 48.3 Å². The van der Waals surface area contributed by atoms with Crippen molar-refractivity contribution in [2.75, 3.05) is 7.04 Å². The molecule has 5 nitrogen and oxygen atoms in total. The fourth-order valence-electron chi connectivity index (χ4n) is 3.26. The first-order chi connectivity index (χ1) is 14.7. The summed E-state index contributed by atoms with van der Waals surface area (Å²) in [7, 11) is -2.65. The van der Waals surface area contributed by atoms with Crippen molar-refractivity contribution in [3.8, 4) is 5.75 Å². The minimum absolute atomic E-state index is 0.0276. The van der Waals surface area contributed by atoms with E-state index >= 15 is 0 Å². The summed E-state index contributed by atoms with van der Waals surface area (Å²) in [5, 5.41) is 0. The number of methoxy groups -OCH3 is 1. The van der Waals surface area contributed by atoms with Crippen LogP contribution in [0.5, 0.6) is 5.75 Å². The van der Waals surface area contributed by atoms with E-state index in [1.165, 1.54) is 31.2 Å².